The lowest BCUT2D eigenvalue weighted by Gasteiger charge is -2.05. The summed E-state index contributed by atoms with van der Waals surface area (Å²) in [7, 11) is 0. The lowest BCUT2D eigenvalue weighted by Crippen LogP contribution is -2.22. The minimum absolute atomic E-state index is 0.0892. The largest absolute Gasteiger partial charge is 0.323 e. The van der Waals surface area contributed by atoms with Crippen LogP contribution >= 0.6 is 23.6 Å². The molecule has 0 aliphatic carbocycles. The number of aromatic nitrogens is 4. The van der Waals surface area contributed by atoms with Gasteiger partial charge in [0, 0.05) is 6.20 Å². The molecule has 0 saturated carbocycles. The van der Waals surface area contributed by atoms with Crippen molar-refractivity contribution in [2.45, 2.75) is 6.54 Å². The van der Waals surface area contributed by atoms with Gasteiger partial charge in [0.1, 0.15) is 11.2 Å². The van der Waals surface area contributed by atoms with Crippen molar-refractivity contribution in [1.29, 1.82) is 0 Å². The van der Waals surface area contributed by atoms with Crippen LogP contribution in [-0.2, 0) is 6.54 Å². The molecule has 3 rings (SSSR count). The summed E-state index contributed by atoms with van der Waals surface area (Å²) in [6, 6.07) is 3.56. The fourth-order valence-electron chi connectivity index (χ4n) is 1.69. The molecule has 3 heterocycles. The van der Waals surface area contributed by atoms with Crippen LogP contribution in [0.15, 0.2) is 34.8 Å². The number of hydrogen-bond donors (Lipinski definition) is 1. The number of nitrogens with one attached hydrogen (secondary N) is 1. The van der Waals surface area contributed by atoms with Crippen LogP contribution in [0.4, 0.5) is 0 Å². The molecule has 5 nitrogen and oxygen atoms in total. The molecule has 0 aliphatic heterocycles. The Kier molecular flexibility index (Phi) is 2.77. The topological polar surface area (TPSA) is 63.6 Å². The van der Waals surface area contributed by atoms with Crippen molar-refractivity contribution in [2.75, 3.05) is 0 Å². The van der Waals surface area contributed by atoms with Crippen LogP contribution in [-0.4, -0.2) is 19.5 Å². The van der Waals surface area contributed by atoms with E-state index in [4.69, 9.17) is 12.2 Å². The van der Waals surface area contributed by atoms with Crippen molar-refractivity contribution in [3.05, 3.63) is 50.9 Å². The van der Waals surface area contributed by atoms with E-state index in [9.17, 15) is 4.79 Å². The van der Waals surface area contributed by atoms with E-state index in [2.05, 4.69) is 15.0 Å². The minimum atomic E-state index is -0.0892. The predicted octanol–water partition coefficient (Wildman–Crippen LogP) is 1.96. The van der Waals surface area contributed by atoms with Crippen LogP contribution in [0.5, 0.6) is 0 Å². The first kappa shape index (κ1) is 11.2. The predicted molar refractivity (Wildman–Crippen MR) is 72.4 cm³/mol. The standard InChI is InChI=1S/C11H8N4OS2/c16-10-8-2-4-18-9(8)14-11(17)15(10)5-7-1-3-12-6-13-7/h1-4,6H,5H2,(H,14,17). The van der Waals surface area contributed by atoms with Gasteiger partial charge in [0.05, 0.1) is 17.6 Å². The first-order valence-corrected chi connectivity index (χ1v) is 6.50. The molecule has 18 heavy (non-hydrogen) atoms. The number of hydrogen-bond acceptors (Lipinski definition) is 5. The van der Waals surface area contributed by atoms with Crippen molar-refractivity contribution >= 4 is 33.8 Å². The van der Waals surface area contributed by atoms with E-state index in [0.717, 1.165) is 10.5 Å². The van der Waals surface area contributed by atoms with Crippen molar-refractivity contribution in [3.63, 3.8) is 0 Å². The Hall–Kier alpha value is -1.86. The highest BCUT2D eigenvalue weighted by atomic mass is 32.1. The molecule has 0 unspecified atom stereocenters. The third-order valence-corrected chi connectivity index (χ3v) is 3.72. The third kappa shape index (κ3) is 1.87. The Morgan fingerprint density at radius 2 is 2.33 bits per heavy atom. The highest BCUT2D eigenvalue weighted by Crippen LogP contribution is 2.14. The minimum Gasteiger partial charge on any atom is -0.323 e. The van der Waals surface area contributed by atoms with E-state index in [1.165, 1.54) is 22.2 Å². The van der Waals surface area contributed by atoms with Gasteiger partial charge in [-0.3, -0.25) is 9.36 Å². The Bertz CT molecular complexity index is 803. The molecule has 7 heteroatoms. The summed E-state index contributed by atoms with van der Waals surface area (Å²) < 4.78 is 1.92. The van der Waals surface area contributed by atoms with Gasteiger partial charge in [-0.1, -0.05) is 0 Å². The van der Waals surface area contributed by atoms with E-state index < -0.39 is 0 Å². The molecule has 90 valence electrons. The van der Waals surface area contributed by atoms with Crippen molar-refractivity contribution in [2.24, 2.45) is 0 Å². The molecule has 0 amide bonds. The van der Waals surface area contributed by atoms with Gasteiger partial charge in [-0.25, -0.2) is 9.97 Å². The maximum Gasteiger partial charge on any atom is 0.263 e. The smallest absolute Gasteiger partial charge is 0.263 e. The highest BCUT2D eigenvalue weighted by Gasteiger charge is 2.07. The summed E-state index contributed by atoms with van der Waals surface area (Å²) >= 11 is 6.67. The maximum atomic E-state index is 12.3. The molecule has 0 aliphatic rings. The molecule has 3 aromatic heterocycles. The summed E-state index contributed by atoms with van der Waals surface area (Å²) in [6.07, 6.45) is 3.10. The molecular formula is C11H8N4OS2. The second kappa shape index (κ2) is 4.43. The van der Waals surface area contributed by atoms with Gasteiger partial charge < -0.3 is 4.98 Å². The number of nitrogens with zero attached hydrogens (tertiary/aromatic N) is 3. The molecular weight excluding hydrogens is 268 g/mol. The van der Waals surface area contributed by atoms with Gasteiger partial charge in [-0.2, -0.15) is 0 Å². The van der Waals surface area contributed by atoms with Gasteiger partial charge in [-0.15, -0.1) is 11.3 Å². The SMILES string of the molecule is O=c1c2ccsc2[nH]c(=S)n1Cc1ccncn1. The first-order chi connectivity index (χ1) is 8.75. The fourth-order valence-corrected chi connectivity index (χ4v) is 2.79. The number of rotatable bonds is 2. The van der Waals surface area contributed by atoms with E-state index in [1.807, 2.05) is 5.38 Å². The van der Waals surface area contributed by atoms with E-state index in [0.29, 0.717) is 16.7 Å². The van der Waals surface area contributed by atoms with Crippen molar-refractivity contribution < 1.29 is 0 Å². The summed E-state index contributed by atoms with van der Waals surface area (Å²) in [5, 5.41) is 2.52. The molecule has 3 aromatic rings. The average Bonchev–Trinajstić information content (AvgIpc) is 2.84. The Morgan fingerprint density at radius 3 is 3.11 bits per heavy atom. The zero-order valence-electron chi connectivity index (χ0n) is 9.16. The zero-order valence-corrected chi connectivity index (χ0v) is 10.8. The van der Waals surface area contributed by atoms with Crippen LogP contribution in [0.25, 0.3) is 10.2 Å². The Labute approximate surface area is 111 Å². The van der Waals surface area contributed by atoms with Crippen LogP contribution in [0.3, 0.4) is 0 Å². The lowest BCUT2D eigenvalue weighted by atomic mass is 10.3. The monoisotopic (exact) mass is 276 g/mol. The number of aromatic amines is 1. The van der Waals surface area contributed by atoms with E-state index in [-0.39, 0.29) is 5.56 Å². The maximum absolute atomic E-state index is 12.3. The second-order valence-corrected chi connectivity index (χ2v) is 4.99. The number of thiophene rings is 1. The third-order valence-electron chi connectivity index (χ3n) is 2.57. The fraction of sp³-hybridized carbons (Fsp3) is 0.0909. The van der Waals surface area contributed by atoms with Gasteiger partial charge in [-0.05, 0) is 29.7 Å². The molecule has 0 radical (unpaired) electrons. The molecule has 0 aromatic carbocycles. The van der Waals surface area contributed by atoms with Crippen LogP contribution in [0.2, 0.25) is 0 Å². The van der Waals surface area contributed by atoms with Crippen molar-refractivity contribution in [1.82, 2.24) is 19.5 Å². The van der Waals surface area contributed by atoms with Gasteiger partial charge in [0.15, 0.2) is 4.77 Å². The average molecular weight is 276 g/mol. The molecule has 0 bridgehead atoms. The van der Waals surface area contributed by atoms with Crippen LogP contribution < -0.4 is 5.56 Å². The second-order valence-electron chi connectivity index (χ2n) is 3.69. The van der Waals surface area contributed by atoms with E-state index >= 15 is 0 Å². The summed E-state index contributed by atoms with van der Waals surface area (Å²) in [4.78, 5) is 24.1. The van der Waals surface area contributed by atoms with E-state index in [1.54, 1.807) is 18.3 Å². The highest BCUT2D eigenvalue weighted by molar-refractivity contribution is 7.71. The Balaban J connectivity index is 2.18. The quantitative estimate of drug-likeness (QED) is 0.727. The van der Waals surface area contributed by atoms with Gasteiger partial charge >= 0.3 is 0 Å². The summed E-state index contributed by atoms with van der Waals surface area (Å²) in [5.41, 5.74) is 0.662. The lowest BCUT2D eigenvalue weighted by molar-refractivity contribution is 0.715. The van der Waals surface area contributed by atoms with Crippen molar-refractivity contribution in [3.8, 4) is 0 Å². The molecule has 0 fully saturated rings. The van der Waals surface area contributed by atoms with Crippen LogP contribution in [0, 0.1) is 4.77 Å². The van der Waals surface area contributed by atoms with Gasteiger partial charge in [0.2, 0.25) is 0 Å². The molecule has 0 saturated heterocycles. The zero-order chi connectivity index (χ0) is 12.5. The van der Waals surface area contributed by atoms with Gasteiger partial charge in [0.25, 0.3) is 5.56 Å². The normalized spacial score (nSPS) is 10.9. The van der Waals surface area contributed by atoms with Crippen LogP contribution in [0.1, 0.15) is 5.69 Å². The number of H-pyrrole nitrogens is 1. The summed E-state index contributed by atoms with van der Waals surface area (Å²) in [5.74, 6) is 0. The molecule has 0 atom stereocenters. The Morgan fingerprint density at radius 1 is 1.44 bits per heavy atom. The molecule has 0 spiro atoms. The summed E-state index contributed by atoms with van der Waals surface area (Å²) in [6.45, 7) is 0.350. The first-order valence-electron chi connectivity index (χ1n) is 5.21. The molecule has 1 N–H and O–H groups in total. The number of fused-ring (bicyclic) bond motifs is 1.